The lowest BCUT2D eigenvalue weighted by Crippen LogP contribution is -2.15. The zero-order valence-corrected chi connectivity index (χ0v) is 9.85. The Balaban J connectivity index is 3.22. The van der Waals surface area contributed by atoms with E-state index >= 15 is 0 Å². The molecular formula is C11H15BrO. The van der Waals surface area contributed by atoms with Gasteiger partial charge in [-0.25, -0.2) is 0 Å². The lowest BCUT2D eigenvalue weighted by molar-refractivity contribution is 0.459. The molecule has 13 heavy (non-hydrogen) atoms. The van der Waals surface area contributed by atoms with Gasteiger partial charge in [0.1, 0.15) is 5.75 Å². The summed E-state index contributed by atoms with van der Waals surface area (Å²) in [6, 6.07) is 5.62. The molecule has 0 heterocycles. The number of rotatable bonds is 2. The Labute approximate surface area is 87.9 Å². The van der Waals surface area contributed by atoms with Crippen LogP contribution in [-0.4, -0.2) is 5.11 Å². The molecule has 2 heteroatoms. The number of halogens is 1. The summed E-state index contributed by atoms with van der Waals surface area (Å²) in [6.45, 7) is 6.50. The van der Waals surface area contributed by atoms with Gasteiger partial charge in [0.25, 0.3) is 0 Å². The summed E-state index contributed by atoms with van der Waals surface area (Å²) in [7, 11) is 0. The highest BCUT2D eigenvalue weighted by atomic mass is 79.9. The molecule has 0 unspecified atom stereocenters. The molecule has 0 aliphatic carbocycles. The zero-order valence-electron chi connectivity index (χ0n) is 8.26. The normalized spacial score (nSPS) is 11.7. The first-order valence-electron chi connectivity index (χ1n) is 4.47. The number of aromatic hydroxyl groups is 1. The SMILES string of the molecule is CCC(C)(C)c1cccc(O)c1Br. The molecule has 0 aliphatic heterocycles. The minimum Gasteiger partial charge on any atom is -0.507 e. The molecule has 0 saturated heterocycles. The monoisotopic (exact) mass is 242 g/mol. The van der Waals surface area contributed by atoms with Gasteiger partial charge in [-0.15, -0.1) is 0 Å². The Hall–Kier alpha value is -0.500. The third-order valence-corrected chi connectivity index (χ3v) is 3.42. The van der Waals surface area contributed by atoms with Gasteiger partial charge >= 0.3 is 0 Å². The molecule has 0 atom stereocenters. The van der Waals surface area contributed by atoms with Crippen molar-refractivity contribution in [2.24, 2.45) is 0 Å². The highest BCUT2D eigenvalue weighted by molar-refractivity contribution is 9.10. The van der Waals surface area contributed by atoms with Gasteiger partial charge in [-0.1, -0.05) is 32.9 Å². The smallest absolute Gasteiger partial charge is 0.130 e. The van der Waals surface area contributed by atoms with Crippen molar-refractivity contribution in [2.45, 2.75) is 32.6 Å². The molecule has 0 radical (unpaired) electrons. The second-order valence-electron chi connectivity index (χ2n) is 3.88. The van der Waals surface area contributed by atoms with Crippen LogP contribution in [0.2, 0.25) is 0 Å². The second kappa shape index (κ2) is 3.70. The van der Waals surface area contributed by atoms with E-state index in [0.717, 1.165) is 16.5 Å². The van der Waals surface area contributed by atoms with E-state index in [1.165, 1.54) is 0 Å². The Bertz CT molecular complexity index is 305. The third-order valence-electron chi connectivity index (χ3n) is 2.59. The first-order valence-corrected chi connectivity index (χ1v) is 5.26. The van der Waals surface area contributed by atoms with Gasteiger partial charge in [-0.2, -0.15) is 0 Å². The third kappa shape index (κ3) is 2.05. The molecular weight excluding hydrogens is 228 g/mol. The first-order chi connectivity index (χ1) is 5.99. The fourth-order valence-electron chi connectivity index (χ4n) is 1.23. The van der Waals surface area contributed by atoms with Crippen LogP contribution in [0.15, 0.2) is 22.7 Å². The van der Waals surface area contributed by atoms with Crippen molar-refractivity contribution in [1.82, 2.24) is 0 Å². The minimum absolute atomic E-state index is 0.109. The van der Waals surface area contributed by atoms with Gasteiger partial charge in [-0.3, -0.25) is 0 Å². The Morgan fingerprint density at radius 3 is 2.54 bits per heavy atom. The zero-order chi connectivity index (χ0) is 10.1. The Morgan fingerprint density at radius 2 is 2.00 bits per heavy atom. The molecule has 0 amide bonds. The van der Waals surface area contributed by atoms with E-state index < -0.39 is 0 Å². The molecule has 0 saturated carbocycles. The summed E-state index contributed by atoms with van der Waals surface area (Å²) < 4.78 is 0.821. The van der Waals surface area contributed by atoms with Crippen molar-refractivity contribution in [2.75, 3.05) is 0 Å². The van der Waals surface area contributed by atoms with E-state index in [1.807, 2.05) is 12.1 Å². The molecule has 1 aromatic rings. The quantitative estimate of drug-likeness (QED) is 0.836. The average molecular weight is 243 g/mol. The molecule has 72 valence electrons. The van der Waals surface area contributed by atoms with Crippen LogP contribution in [0.4, 0.5) is 0 Å². The number of hydrogen-bond acceptors (Lipinski definition) is 1. The molecule has 0 bridgehead atoms. The molecule has 0 fully saturated rings. The van der Waals surface area contributed by atoms with Crippen molar-refractivity contribution < 1.29 is 5.11 Å². The van der Waals surface area contributed by atoms with Crippen LogP contribution in [0.3, 0.4) is 0 Å². The number of phenolic OH excluding ortho intramolecular Hbond substituents is 1. The van der Waals surface area contributed by atoms with E-state index in [4.69, 9.17) is 0 Å². The van der Waals surface area contributed by atoms with Gasteiger partial charge in [0.15, 0.2) is 0 Å². The molecule has 1 rings (SSSR count). The van der Waals surface area contributed by atoms with Gasteiger partial charge in [0.05, 0.1) is 4.47 Å². The van der Waals surface area contributed by atoms with Crippen LogP contribution in [0.1, 0.15) is 32.8 Å². The summed E-state index contributed by atoms with van der Waals surface area (Å²) in [6.07, 6.45) is 1.05. The van der Waals surface area contributed by atoms with Crippen molar-refractivity contribution in [3.63, 3.8) is 0 Å². The van der Waals surface area contributed by atoms with E-state index in [1.54, 1.807) is 6.07 Å². The van der Waals surface area contributed by atoms with Crippen molar-refractivity contribution in [1.29, 1.82) is 0 Å². The predicted molar refractivity (Wildman–Crippen MR) is 59.1 cm³/mol. The Morgan fingerprint density at radius 1 is 1.38 bits per heavy atom. The summed E-state index contributed by atoms with van der Waals surface area (Å²) >= 11 is 3.41. The summed E-state index contributed by atoms with van der Waals surface area (Å²) in [5.41, 5.74) is 1.27. The van der Waals surface area contributed by atoms with Gasteiger partial charge in [-0.05, 0) is 39.4 Å². The minimum atomic E-state index is 0.109. The van der Waals surface area contributed by atoms with Crippen molar-refractivity contribution >= 4 is 15.9 Å². The van der Waals surface area contributed by atoms with Crippen LogP contribution in [-0.2, 0) is 5.41 Å². The van der Waals surface area contributed by atoms with Crippen molar-refractivity contribution in [3.8, 4) is 5.75 Å². The maximum atomic E-state index is 9.51. The maximum absolute atomic E-state index is 9.51. The fraction of sp³-hybridized carbons (Fsp3) is 0.455. The number of hydrogen-bond donors (Lipinski definition) is 1. The lowest BCUT2D eigenvalue weighted by atomic mass is 9.82. The van der Waals surface area contributed by atoms with Crippen LogP contribution >= 0.6 is 15.9 Å². The van der Waals surface area contributed by atoms with E-state index in [-0.39, 0.29) is 5.41 Å². The topological polar surface area (TPSA) is 20.2 Å². The van der Waals surface area contributed by atoms with E-state index in [0.29, 0.717) is 5.75 Å². The molecule has 1 N–H and O–H groups in total. The molecule has 0 aliphatic rings. The maximum Gasteiger partial charge on any atom is 0.130 e. The number of benzene rings is 1. The van der Waals surface area contributed by atoms with Crippen molar-refractivity contribution in [3.05, 3.63) is 28.2 Å². The van der Waals surface area contributed by atoms with E-state index in [2.05, 4.69) is 36.7 Å². The summed E-state index contributed by atoms with van der Waals surface area (Å²) in [5.74, 6) is 0.319. The van der Waals surface area contributed by atoms with Crippen LogP contribution in [0, 0.1) is 0 Å². The highest BCUT2D eigenvalue weighted by Crippen LogP contribution is 2.37. The molecule has 0 spiro atoms. The van der Waals surface area contributed by atoms with Crippen LogP contribution < -0.4 is 0 Å². The summed E-state index contributed by atoms with van der Waals surface area (Å²) in [4.78, 5) is 0. The molecule has 0 aromatic heterocycles. The standard InChI is InChI=1S/C11H15BrO/c1-4-11(2,3)8-6-5-7-9(13)10(8)12/h5-7,13H,4H2,1-3H3. The highest BCUT2D eigenvalue weighted by Gasteiger charge is 2.21. The lowest BCUT2D eigenvalue weighted by Gasteiger charge is -2.24. The van der Waals surface area contributed by atoms with E-state index in [9.17, 15) is 5.11 Å². The summed E-state index contributed by atoms with van der Waals surface area (Å²) in [5, 5.41) is 9.51. The van der Waals surface area contributed by atoms with Gasteiger partial charge in [0, 0.05) is 0 Å². The van der Waals surface area contributed by atoms with Gasteiger partial charge < -0.3 is 5.11 Å². The number of phenols is 1. The first kappa shape index (κ1) is 10.6. The van der Waals surface area contributed by atoms with Crippen LogP contribution in [0.5, 0.6) is 5.75 Å². The largest absolute Gasteiger partial charge is 0.507 e. The van der Waals surface area contributed by atoms with Gasteiger partial charge in [0.2, 0.25) is 0 Å². The molecule has 1 nitrogen and oxygen atoms in total. The fourth-order valence-corrected chi connectivity index (χ4v) is 2.03. The average Bonchev–Trinajstić information content (AvgIpc) is 2.09. The molecule has 1 aromatic carbocycles. The predicted octanol–water partition coefficient (Wildman–Crippen LogP) is 3.84. The Kier molecular flexibility index (Phi) is 3.01. The second-order valence-corrected chi connectivity index (χ2v) is 4.67. The van der Waals surface area contributed by atoms with Crippen LogP contribution in [0.25, 0.3) is 0 Å².